The summed E-state index contributed by atoms with van der Waals surface area (Å²) in [7, 11) is 1.60. The Morgan fingerprint density at radius 3 is 2.52 bits per heavy atom. The second kappa shape index (κ2) is 9.29. The predicted molar refractivity (Wildman–Crippen MR) is 107 cm³/mol. The molecule has 152 valence electrons. The third-order valence-electron chi connectivity index (χ3n) is 4.20. The maximum absolute atomic E-state index is 13.2. The molecule has 0 unspecified atom stereocenters. The number of anilines is 1. The highest BCUT2D eigenvalue weighted by Crippen LogP contribution is 2.24. The number of rotatable bonds is 8. The van der Waals surface area contributed by atoms with Gasteiger partial charge < -0.3 is 14.8 Å². The smallest absolute Gasteiger partial charge is 0.259 e. The van der Waals surface area contributed by atoms with Crippen LogP contribution in [-0.4, -0.2) is 41.0 Å². The second-order valence-electron chi connectivity index (χ2n) is 6.67. The first-order chi connectivity index (χ1) is 14.0. The fraction of sp³-hybridized carbons (Fsp3) is 0.286. The van der Waals surface area contributed by atoms with E-state index in [1.54, 1.807) is 36.1 Å². The Morgan fingerprint density at radius 2 is 1.90 bits per heavy atom. The van der Waals surface area contributed by atoms with Crippen molar-refractivity contribution in [1.82, 2.24) is 14.8 Å². The van der Waals surface area contributed by atoms with Crippen molar-refractivity contribution < 1.29 is 18.7 Å². The van der Waals surface area contributed by atoms with E-state index in [4.69, 9.17) is 9.47 Å². The number of methoxy groups -OCH3 is 1. The van der Waals surface area contributed by atoms with E-state index < -0.39 is 0 Å². The fourth-order valence-electron chi connectivity index (χ4n) is 2.84. The van der Waals surface area contributed by atoms with Gasteiger partial charge in [-0.05, 0) is 36.2 Å². The van der Waals surface area contributed by atoms with Crippen molar-refractivity contribution in [1.29, 1.82) is 0 Å². The van der Waals surface area contributed by atoms with E-state index in [1.807, 2.05) is 13.8 Å². The lowest BCUT2D eigenvalue weighted by molar-refractivity contribution is 0.102. The first kappa shape index (κ1) is 20.5. The zero-order valence-electron chi connectivity index (χ0n) is 16.6. The van der Waals surface area contributed by atoms with Gasteiger partial charge in [-0.1, -0.05) is 13.8 Å². The molecule has 0 spiro atoms. The van der Waals surface area contributed by atoms with Crippen LogP contribution in [0.2, 0.25) is 0 Å². The topological polar surface area (TPSA) is 78.3 Å². The molecule has 0 radical (unpaired) electrons. The molecule has 0 atom stereocenters. The maximum Gasteiger partial charge on any atom is 0.259 e. The Bertz CT molecular complexity index is 953. The minimum Gasteiger partial charge on any atom is -0.475 e. The van der Waals surface area contributed by atoms with Crippen molar-refractivity contribution in [2.75, 3.05) is 25.6 Å². The number of nitrogens with zero attached hydrogens (tertiary/aromatic N) is 3. The summed E-state index contributed by atoms with van der Waals surface area (Å²) in [5.74, 6) is -0.144. The number of carbonyl (C=O) groups excluding carboxylic acids is 1. The van der Waals surface area contributed by atoms with Crippen molar-refractivity contribution in [2.24, 2.45) is 0 Å². The van der Waals surface area contributed by atoms with Gasteiger partial charge in [0.05, 0.1) is 41.6 Å². The number of hydrogen-bond acceptors (Lipinski definition) is 5. The molecule has 8 heteroatoms. The Balaban J connectivity index is 1.78. The number of carbonyl (C=O) groups is 1. The molecule has 2 aromatic heterocycles. The average Bonchev–Trinajstić information content (AvgIpc) is 3.16. The van der Waals surface area contributed by atoms with Crippen LogP contribution in [0.4, 0.5) is 10.1 Å². The van der Waals surface area contributed by atoms with Gasteiger partial charge in [0.1, 0.15) is 12.4 Å². The minimum absolute atomic E-state index is 0.0259. The van der Waals surface area contributed by atoms with Gasteiger partial charge >= 0.3 is 0 Å². The average molecular weight is 398 g/mol. The van der Waals surface area contributed by atoms with Crippen LogP contribution in [0.1, 0.15) is 35.8 Å². The minimum atomic E-state index is -0.327. The summed E-state index contributed by atoms with van der Waals surface area (Å²) in [5, 5.41) is 7.17. The van der Waals surface area contributed by atoms with E-state index in [-0.39, 0.29) is 17.6 Å². The quantitative estimate of drug-likeness (QED) is 0.584. The van der Waals surface area contributed by atoms with Crippen LogP contribution in [0, 0.1) is 5.82 Å². The molecule has 1 N–H and O–H groups in total. The number of ether oxygens (including phenoxy) is 2. The number of amides is 1. The molecule has 0 aliphatic rings. The monoisotopic (exact) mass is 398 g/mol. The van der Waals surface area contributed by atoms with E-state index in [0.29, 0.717) is 36.0 Å². The second-order valence-corrected chi connectivity index (χ2v) is 6.67. The van der Waals surface area contributed by atoms with E-state index in [1.165, 1.54) is 24.5 Å². The molecular formula is C21H23FN4O3. The van der Waals surface area contributed by atoms with Gasteiger partial charge in [-0.15, -0.1) is 0 Å². The zero-order valence-corrected chi connectivity index (χ0v) is 16.6. The van der Waals surface area contributed by atoms with E-state index >= 15 is 0 Å². The van der Waals surface area contributed by atoms with Crippen LogP contribution >= 0.6 is 0 Å². The van der Waals surface area contributed by atoms with Gasteiger partial charge in [0.2, 0.25) is 5.88 Å². The van der Waals surface area contributed by atoms with Gasteiger partial charge in [-0.2, -0.15) is 5.10 Å². The van der Waals surface area contributed by atoms with Crippen LogP contribution in [0.15, 0.2) is 48.8 Å². The van der Waals surface area contributed by atoms with Gasteiger partial charge in [0.15, 0.2) is 0 Å². The number of halogens is 1. The largest absolute Gasteiger partial charge is 0.475 e. The maximum atomic E-state index is 13.2. The van der Waals surface area contributed by atoms with Crippen molar-refractivity contribution >= 4 is 11.6 Å². The summed E-state index contributed by atoms with van der Waals surface area (Å²) in [4.78, 5) is 17.0. The lowest BCUT2D eigenvalue weighted by Gasteiger charge is -2.13. The first-order valence-electron chi connectivity index (χ1n) is 9.22. The number of aromatic nitrogens is 3. The Kier molecular flexibility index (Phi) is 6.56. The van der Waals surface area contributed by atoms with Crippen LogP contribution < -0.4 is 10.1 Å². The SMILES string of the molecule is COCCOc1ccc(NC(=O)c2cnn(-c3ccc(F)cc3)c2C(C)C)cn1. The lowest BCUT2D eigenvalue weighted by atomic mass is 10.0. The fourth-order valence-corrected chi connectivity index (χ4v) is 2.84. The summed E-state index contributed by atoms with van der Waals surface area (Å²) in [6, 6.07) is 9.37. The molecule has 2 heterocycles. The van der Waals surface area contributed by atoms with E-state index in [2.05, 4.69) is 15.4 Å². The standard InChI is InChI=1S/C21H23FN4O3/c1-14(2)20-18(13-24-26(20)17-7-4-15(22)5-8-17)21(27)25-16-6-9-19(23-12-16)29-11-10-28-3/h4-9,12-14H,10-11H2,1-3H3,(H,25,27). The molecule has 0 aliphatic heterocycles. The molecule has 1 amide bonds. The summed E-state index contributed by atoms with van der Waals surface area (Å²) < 4.78 is 25.2. The third-order valence-corrected chi connectivity index (χ3v) is 4.20. The highest BCUT2D eigenvalue weighted by molar-refractivity contribution is 6.05. The van der Waals surface area contributed by atoms with Crippen molar-refractivity contribution in [3.05, 3.63) is 65.9 Å². The Hall–Kier alpha value is -3.26. The molecule has 0 saturated carbocycles. The van der Waals surface area contributed by atoms with E-state index in [0.717, 1.165) is 5.69 Å². The molecular weight excluding hydrogens is 375 g/mol. The van der Waals surface area contributed by atoms with Gasteiger partial charge in [-0.3, -0.25) is 4.79 Å². The molecule has 0 fully saturated rings. The molecule has 0 saturated heterocycles. The summed E-state index contributed by atoms with van der Waals surface area (Å²) in [5.41, 5.74) is 2.41. The molecule has 0 aliphatic carbocycles. The lowest BCUT2D eigenvalue weighted by Crippen LogP contribution is -2.15. The molecule has 3 aromatic rings. The summed E-state index contributed by atoms with van der Waals surface area (Å²) in [6.45, 7) is 4.81. The van der Waals surface area contributed by atoms with Crippen molar-refractivity contribution in [2.45, 2.75) is 19.8 Å². The Labute approximate surface area is 168 Å². The number of pyridine rings is 1. The van der Waals surface area contributed by atoms with Crippen LogP contribution in [-0.2, 0) is 4.74 Å². The van der Waals surface area contributed by atoms with Crippen molar-refractivity contribution in [3.63, 3.8) is 0 Å². The Morgan fingerprint density at radius 1 is 1.14 bits per heavy atom. The summed E-state index contributed by atoms with van der Waals surface area (Å²) >= 11 is 0. The van der Waals surface area contributed by atoms with Gasteiger partial charge in [0.25, 0.3) is 5.91 Å². The highest BCUT2D eigenvalue weighted by atomic mass is 19.1. The van der Waals surface area contributed by atoms with Crippen LogP contribution in [0.5, 0.6) is 5.88 Å². The number of nitrogens with one attached hydrogen (secondary N) is 1. The molecule has 0 bridgehead atoms. The van der Waals surface area contributed by atoms with Crippen molar-refractivity contribution in [3.8, 4) is 11.6 Å². The molecule has 29 heavy (non-hydrogen) atoms. The molecule has 7 nitrogen and oxygen atoms in total. The van der Waals surface area contributed by atoms with Gasteiger partial charge in [-0.25, -0.2) is 14.1 Å². The summed E-state index contributed by atoms with van der Waals surface area (Å²) in [6.07, 6.45) is 3.04. The first-order valence-corrected chi connectivity index (χ1v) is 9.22. The van der Waals surface area contributed by atoms with Crippen LogP contribution in [0.3, 0.4) is 0 Å². The zero-order chi connectivity index (χ0) is 20.8. The molecule has 1 aromatic carbocycles. The number of hydrogen-bond donors (Lipinski definition) is 1. The van der Waals surface area contributed by atoms with E-state index in [9.17, 15) is 9.18 Å². The van der Waals surface area contributed by atoms with Crippen LogP contribution in [0.25, 0.3) is 5.69 Å². The normalized spacial score (nSPS) is 10.9. The third kappa shape index (κ3) is 4.97. The predicted octanol–water partition coefficient (Wildman–Crippen LogP) is 3.81. The van der Waals surface area contributed by atoms with Gasteiger partial charge in [0, 0.05) is 13.2 Å². The number of benzene rings is 1. The highest BCUT2D eigenvalue weighted by Gasteiger charge is 2.21. The molecule has 3 rings (SSSR count).